The lowest BCUT2D eigenvalue weighted by Crippen LogP contribution is -2.23. The Balaban J connectivity index is 1.41. The van der Waals surface area contributed by atoms with E-state index in [0.29, 0.717) is 28.3 Å². The number of aryl methyl sites for hydroxylation is 2. The number of fused-ring (bicyclic) bond motifs is 1. The second kappa shape index (κ2) is 10.7. The summed E-state index contributed by atoms with van der Waals surface area (Å²) < 4.78 is 10.4. The highest BCUT2D eigenvalue weighted by atomic mass is 16.5. The van der Waals surface area contributed by atoms with Crippen molar-refractivity contribution in [2.24, 2.45) is 0 Å². The van der Waals surface area contributed by atoms with Crippen molar-refractivity contribution in [2.75, 3.05) is 24.4 Å². The molecule has 8 nitrogen and oxygen atoms in total. The van der Waals surface area contributed by atoms with Gasteiger partial charge in [-0.25, -0.2) is 4.79 Å². The summed E-state index contributed by atoms with van der Waals surface area (Å²) in [6.45, 7) is 3.10. The highest BCUT2D eigenvalue weighted by Crippen LogP contribution is 2.22. The Kier molecular flexibility index (Phi) is 7.25. The van der Waals surface area contributed by atoms with Gasteiger partial charge in [-0.2, -0.15) is 0 Å². The molecular formula is C28H25N3O5. The summed E-state index contributed by atoms with van der Waals surface area (Å²) in [6.07, 6.45) is 0. The van der Waals surface area contributed by atoms with Gasteiger partial charge in [0.15, 0.2) is 6.61 Å². The van der Waals surface area contributed by atoms with Crippen LogP contribution in [0.3, 0.4) is 0 Å². The molecule has 4 aromatic rings. The molecule has 2 amide bonds. The van der Waals surface area contributed by atoms with Crippen LogP contribution in [0, 0.1) is 13.8 Å². The first kappa shape index (κ1) is 24.4. The number of benzene rings is 3. The van der Waals surface area contributed by atoms with Crippen molar-refractivity contribution in [1.29, 1.82) is 0 Å². The molecular weight excluding hydrogens is 458 g/mol. The average Bonchev–Trinajstić information content (AvgIpc) is 2.86. The van der Waals surface area contributed by atoms with E-state index in [-0.39, 0.29) is 17.0 Å². The minimum atomic E-state index is -0.668. The normalized spacial score (nSPS) is 10.5. The van der Waals surface area contributed by atoms with E-state index in [0.717, 1.165) is 10.9 Å². The highest BCUT2D eigenvalue weighted by molar-refractivity contribution is 6.10. The number of carbonyl (C=O) groups excluding carboxylic acids is 3. The van der Waals surface area contributed by atoms with Crippen molar-refractivity contribution in [3.63, 3.8) is 0 Å². The molecule has 0 aliphatic rings. The second-order valence-corrected chi connectivity index (χ2v) is 8.17. The zero-order chi connectivity index (χ0) is 25.7. The SMILES string of the molecule is COc1ccc2cc(C(=O)OCC(=O)Nc3ccccc3C(=O)Nc3cccc(C)c3)c(C)nc2c1. The molecule has 0 aliphatic heterocycles. The van der Waals surface area contributed by atoms with E-state index in [4.69, 9.17) is 9.47 Å². The summed E-state index contributed by atoms with van der Waals surface area (Å²) in [5.74, 6) is -0.953. The van der Waals surface area contributed by atoms with Crippen molar-refractivity contribution in [2.45, 2.75) is 13.8 Å². The van der Waals surface area contributed by atoms with Crippen LogP contribution in [-0.4, -0.2) is 36.5 Å². The molecule has 182 valence electrons. The van der Waals surface area contributed by atoms with Crippen LogP contribution in [0.1, 0.15) is 32.0 Å². The third-order valence-corrected chi connectivity index (χ3v) is 5.49. The van der Waals surface area contributed by atoms with E-state index in [1.807, 2.05) is 25.1 Å². The number of ether oxygens (including phenoxy) is 2. The van der Waals surface area contributed by atoms with Crippen molar-refractivity contribution in [3.8, 4) is 5.75 Å². The van der Waals surface area contributed by atoms with E-state index in [2.05, 4.69) is 15.6 Å². The first-order chi connectivity index (χ1) is 17.3. The first-order valence-corrected chi connectivity index (χ1v) is 11.2. The van der Waals surface area contributed by atoms with E-state index in [1.165, 1.54) is 0 Å². The Bertz CT molecular complexity index is 1470. The Morgan fingerprint density at radius 2 is 1.67 bits per heavy atom. The van der Waals surface area contributed by atoms with Gasteiger partial charge in [0.05, 0.1) is 35.1 Å². The van der Waals surface area contributed by atoms with Crippen LogP contribution < -0.4 is 15.4 Å². The number of carbonyl (C=O) groups is 3. The molecule has 0 radical (unpaired) electrons. The van der Waals surface area contributed by atoms with Gasteiger partial charge in [0.2, 0.25) is 0 Å². The predicted octanol–water partition coefficient (Wildman–Crippen LogP) is 4.91. The number of nitrogens with zero attached hydrogens (tertiary/aromatic N) is 1. The van der Waals surface area contributed by atoms with Crippen LogP contribution in [-0.2, 0) is 9.53 Å². The predicted molar refractivity (Wildman–Crippen MR) is 138 cm³/mol. The molecule has 0 unspecified atom stereocenters. The van der Waals surface area contributed by atoms with Gasteiger partial charge in [-0.15, -0.1) is 0 Å². The molecule has 4 rings (SSSR count). The standard InChI is InChI=1S/C28H25N3O5/c1-17-7-6-8-20(13-17)30-27(33)22-9-4-5-10-24(22)31-26(32)16-36-28(34)23-14-19-11-12-21(35-3)15-25(19)29-18(23)2/h4-15H,16H2,1-3H3,(H,30,33)(H,31,32). The zero-order valence-electron chi connectivity index (χ0n) is 20.1. The van der Waals surface area contributed by atoms with Crippen LogP contribution in [0.15, 0.2) is 72.8 Å². The van der Waals surface area contributed by atoms with Gasteiger partial charge in [0.25, 0.3) is 11.8 Å². The van der Waals surface area contributed by atoms with E-state index < -0.39 is 18.5 Å². The van der Waals surface area contributed by atoms with Gasteiger partial charge in [0, 0.05) is 17.1 Å². The van der Waals surface area contributed by atoms with Crippen LogP contribution in [0.4, 0.5) is 11.4 Å². The minimum Gasteiger partial charge on any atom is -0.497 e. The highest BCUT2D eigenvalue weighted by Gasteiger charge is 2.17. The topological polar surface area (TPSA) is 107 Å². The minimum absolute atomic E-state index is 0.262. The summed E-state index contributed by atoms with van der Waals surface area (Å²) in [5.41, 5.74) is 3.66. The number of nitrogens with one attached hydrogen (secondary N) is 2. The van der Waals surface area contributed by atoms with E-state index >= 15 is 0 Å². The van der Waals surface area contributed by atoms with Gasteiger partial charge in [0.1, 0.15) is 5.75 Å². The lowest BCUT2D eigenvalue weighted by Gasteiger charge is -2.12. The molecule has 0 saturated carbocycles. The van der Waals surface area contributed by atoms with Gasteiger partial charge in [-0.3, -0.25) is 14.6 Å². The maximum atomic E-state index is 12.8. The average molecular weight is 484 g/mol. The summed E-state index contributed by atoms with van der Waals surface area (Å²) in [5, 5.41) is 6.21. The number of esters is 1. The molecule has 0 aliphatic carbocycles. The van der Waals surface area contributed by atoms with Crippen molar-refractivity contribution in [3.05, 3.63) is 95.2 Å². The fourth-order valence-corrected chi connectivity index (χ4v) is 3.68. The maximum Gasteiger partial charge on any atom is 0.340 e. The number of para-hydroxylation sites is 1. The molecule has 1 heterocycles. The summed E-state index contributed by atoms with van der Waals surface area (Å²) in [7, 11) is 1.57. The van der Waals surface area contributed by atoms with Gasteiger partial charge >= 0.3 is 5.97 Å². The number of rotatable bonds is 7. The number of anilines is 2. The number of hydrogen-bond acceptors (Lipinski definition) is 6. The number of methoxy groups -OCH3 is 1. The second-order valence-electron chi connectivity index (χ2n) is 8.17. The summed E-state index contributed by atoms with van der Waals surface area (Å²) >= 11 is 0. The molecule has 0 saturated heterocycles. The largest absolute Gasteiger partial charge is 0.497 e. The molecule has 8 heteroatoms. The Labute approximate surface area is 208 Å². The van der Waals surface area contributed by atoms with Crippen molar-refractivity contribution < 1.29 is 23.9 Å². The fraction of sp³-hybridized carbons (Fsp3) is 0.143. The quantitative estimate of drug-likeness (QED) is 0.362. The Morgan fingerprint density at radius 3 is 2.44 bits per heavy atom. The van der Waals surface area contributed by atoms with E-state index in [1.54, 1.807) is 68.6 Å². The third kappa shape index (κ3) is 5.67. The monoisotopic (exact) mass is 483 g/mol. The number of pyridine rings is 1. The number of amides is 2. The maximum absolute atomic E-state index is 12.8. The molecule has 2 N–H and O–H groups in total. The van der Waals surface area contributed by atoms with Crippen LogP contribution >= 0.6 is 0 Å². The molecule has 3 aromatic carbocycles. The molecule has 1 aromatic heterocycles. The van der Waals surface area contributed by atoms with Crippen LogP contribution in [0.25, 0.3) is 10.9 Å². The zero-order valence-corrected chi connectivity index (χ0v) is 20.1. The summed E-state index contributed by atoms with van der Waals surface area (Å²) in [6, 6.07) is 21.0. The first-order valence-electron chi connectivity index (χ1n) is 11.2. The van der Waals surface area contributed by atoms with Crippen molar-refractivity contribution >= 4 is 40.1 Å². The van der Waals surface area contributed by atoms with Gasteiger partial charge < -0.3 is 20.1 Å². The number of hydrogen-bond donors (Lipinski definition) is 2. The van der Waals surface area contributed by atoms with Crippen molar-refractivity contribution in [1.82, 2.24) is 4.98 Å². The lowest BCUT2D eigenvalue weighted by molar-refractivity contribution is -0.119. The molecule has 0 spiro atoms. The Hall–Kier alpha value is -4.72. The lowest BCUT2D eigenvalue weighted by atomic mass is 10.1. The third-order valence-electron chi connectivity index (χ3n) is 5.49. The Morgan fingerprint density at radius 1 is 0.861 bits per heavy atom. The summed E-state index contributed by atoms with van der Waals surface area (Å²) in [4.78, 5) is 42.5. The van der Waals surface area contributed by atoms with Gasteiger partial charge in [-0.05, 0) is 61.9 Å². The van der Waals surface area contributed by atoms with Crippen LogP contribution in [0.2, 0.25) is 0 Å². The molecule has 0 atom stereocenters. The molecule has 36 heavy (non-hydrogen) atoms. The molecule has 0 fully saturated rings. The van der Waals surface area contributed by atoms with Gasteiger partial charge in [-0.1, -0.05) is 24.3 Å². The molecule has 0 bridgehead atoms. The smallest absolute Gasteiger partial charge is 0.340 e. The van der Waals surface area contributed by atoms with E-state index in [9.17, 15) is 14.4 Å². The number of aromatic nitrogens is 1. The fourth-order valence-electron chi connectivity index (χ4n) is 3.68. The van der Waals surface area contributed by atoms with Crippen LogP contribution in [0.5, 0.6) is 5.75 Å².